The number of carbonyl (C=O) groups is 1. The van der Waals surface area contributed by atoms with Crippen LogP contribution in [0.1, 0.15) is 39.5 Å². The molecule has 9 heteroatoms. The average Bonchev–Trinajstić information content (AvgIpc) is 2.54. The highest BCUT2D eigenvalue weighted by molar-refractivity contribution is 7.87. The largest absolute Gasteiger partial charge is 0.383 e. The quantitative estimate of drug-likeness (QED) is 0.607. The maximum absolute atomic E-state index is 12.5. The predicted molar refractivity (Wildman–Crippen MR) is 94.8 cm³/mol. The van der Waals surface area contributed by atoms with E-state index in [9.17, 15) is 13.2 Å². The molecular weight excluding hydrogens is 344 g/mol. The van der Waals surface area contributed by atoms with Crippen molar-refractivity contribution in [3.05, 3.63) is 0 Å². The fourth-order valence-electron chi connectivity index (χ4n) is 2.73. The first-order valence-corrected chi connectivity index (χ1v) is 10.1. The molecule has 0 aromatic carbocycles. The van der Waals surface area contributed by atoms with Gasteiger partial charge in [0.25, 0.3) is 10.2 Å². The average molecular weight is 375 g/mol. The van der Waals surface area contributed by atoms with E-state index in [0.717, 1.165) is 0 Å². The van der Waals surface area contributed by atoms with Crippen LogP contribution in [0.3, 0.4) is 0 Å². The Morgan fingerprint density at radius 3 is 2.52 bits per heavy atom. The van der Waals surface area contributed by atoms with Crippen molar-refractivity contribution in [2.24, 2.45) is 5.92 Å². The fraction of sp³-hybridized carbons (Fsp3) is 0.875. The number of hydrogen-bond donors (Lipinski definition) is 1. The lowest BCUT2D eigenvalue weighted by molar-refractivity contribution is -0.133. The smallest absolute Gasteiger partial charge is 0.279 e. The lowest BCUT2D eigenvalue weighted by Crippen LogP contribution is -2.51. The molecule has 25 heavy (non-hydrogen) atoms. The lowest BCUT2D eigenvalue weighted by Gasteiger charge is -2.33. The Labute approximate surface area is 151 Å². The van der Waals surface area contributed by atoms with Crippen LogP contribution in [0.25, 0.3) is 0 Å². The van der Waals surface area contributed by atoms with E-state index < -0.39 is 10.2 Å². The number of piperidine rings is 1. The molecule has 0 aromatic heterocycles. The van der Waals surface area contributed by atoms with E-state index in [4.69, 9.17) is 10.00 Å². The van der Waals surface area contributed by atoms with Crippen molar-refractivity contribution < 1.29 is 17.9 Å². The minimum atomic E-state index is -3.67. The zero-order valence-electron chi connectivity index (χ0n) is 15.4. The molecule has 0 aliphatic carbocycles. The molecule has 0 unspecified atom stereocenters. The van der Waals surface area contributed by atoms with Crippen molar-refractivity contribution in [2.75, 3.05) is 39.9 Å². The van der Waals surface area contributed by atoms with Crippen LogP contribution in [0.4, 0.5) is 0 Å². The maximum Gasteiger partial charge on any atom is 0.279 e. The first kappa shape index (κ1) is 21.8. The Morgan fingerprint density at radius 1 is 1.36 bits per heavy atom. The number of hydrogen-bond acceptors (Lipinski definition) is 5. The summed E-state index contributed by atoms with van der Waals surface area (Å²) in [5.41, 5.74) is 0. The molecule has 0 saturated carbocycles. The van der Waals surface area contributed by atoms with Crippen LogP contribution in [0.15, 0.2) is 0 Å². The van der Waals surface area contributed by atoms with Gasteiger partial charge in [-0.1, -0.05) is 13.8 Å². The second kappa shape index (κ2) is 10.7. The highest BCUT2D eigenvalue weighted by atomic mass is 32.2. The summed E-state index contributed by atoms with van der Waals surface area (Å²) < 4.78 is 34.0. The van der Waals surface area contributed by atoms with E-state index in [-0.39, 0.29) is 38.1 Å². The molecule has 0 radical (unpaired) electrons. The van der Waals surface area contributed by atoms with Crippen LogP contribution in [0.5, 0.6) is 0 Å². The van der Waals surface area contributed by atoms with E-state index in [1.807, 2.05) is 24.8 Å². The Balaban J connectivity index is 2.56. The minimum Gasteiger partial charge on any atom is -0.383 e. The molecule has 1 rings (SSSR count). The van der Waals surface area contributed by atoms with E-state index in [2.05, 4.69) is 4.72 Å². The minimum absolute atomic E-state index is 0.132. The van der Waals surface area contributed by atoms with Gasteiger partial charge in [0.15, 0.2) is 0 Å². The topological polar surface area (TPSA) is 103 Å². The van der Waals surface area contributed by atoms with Gasteiger partial charge >= 0.3 is 0 Å². The maximum atomic E-state index is 12.5. The molecule has 1 heterocycles. The Bertz CT molecular complexity index is 551. The molecule has 1 saturated heterocycles. The van der Waals surface area contributed by atoms with E-state index >= 15 is 0 Å². The zero-order valence-corrected chi connectivity index (χ0v) is 16.2. The second-order valence-corrected chi connectivity index (χ2v) is 8.38. The number of amides is 1. The van der Waals surface area contributed by atoms with Crippen molar-refractivity contribution in [3.63, 3.8) is 0 Å². The van der Waals surface area contributed by atoms with Crippen LogP contribution in [0, 0.1) is 17.2 Å². The first-order valence-electron chi connectivity index (χ1n) is 8.71. The molecule has 8 nitrogen and oxygen atoms in total. The molecule has 0 bridgehead atoms. The van der Waals surface area contributed by atoms with Crippen molar-refractivity contribution >= 4 is 16.1 Å². The van der Waals surface area contributed by atoms with Gasteiger partial charge in [-0.2, -0.15) is 22.7 Å². The van der Waals surface area contributed by atoms with Gasteiger partial charge in [0.05, 0.1) is 12.7 Å². The first-order chi connectivity index (χ1) is 11.8. The van der Waals surface area contributed by atoms with Crippen molar-refractivity contribution in [1.82, 2.24) is 13.9 Å². The predicted octanol–water partition coefficient (Wildman–Crippen LogP) is 0.720. The SMILES string of the molecule is COCCN(CCC#N)S(=O)(=O)NC1CCN(C(=O)CC(C)C)CC1. The van der Waals surface area contributed by atoms with Gasteiger partial charge in [-0.15, -0.1) is 0 Å². The van der Waals surface area contributed by atoms with Crippen LogP contribution >= 0.6 is 0 Å². The number of nitriles is 1. The van der Waals surface area contributed by atoms with Crippen molar-refractivity contribution in [3.8, 4) is 6.07 Å². The Kier molecular flexibility index (Phi) is 9.35. The molecule has 0 aromatic rings. The molecule has 1 aliphatic heterocycles. The summed E-state index contributed by atoms with van der Waals surface area (Å²) in [7, 11) is -2.17. The number of rotatable bonds is 10. The van der Waals surface area contributed by atoms with Gasteiger partial charge in [0, 0.05) is 52.2 Å². The summed E-state index contributed by atoms with van der Waals surface area (Å²) in [5, 5.41) is 8.71. The van der Waals surface area contributed by atoms with E-state index in [1.165, 1.54) is 11.4 Å². The van der Waals surface area contributed by atoms with Crippen molar-refractivity contribution in [2.45, 2.75) is 45.6 Å². The molecule has 0 atom stereocenters. The van der Waals surface area contributed by atoms with Crippen LogP contribution < -0.4 is 4.72 Å². The van der Waals surface area contributed by atoms with Gasteiger partial charge < -0.3 is 9.64 Å². The lowest BCUT2D eigenvalue weighted by atomic mass is 10.0. The highest BCUT2D eigenvalue weighted by Gasteiger charge is 2.29. The third-order valence-corrected chi connectivity index (χ3v) is 5.78. The molecule has 1 N–H and O–H groups in total. The summed E-state index contributed by atoms with van der Waals surface area (Å²) in [4.78, 5) is 13.9. The van der Waals surface area contributed by atoms with Crippen LogP contribution in [-0.2, 0) is 19.7 Å². The van der Waals surface area contributed by atoms with E-state index in [1.54, 1.807) is 0 Å². The summed E-state index contributed by atoms with van der Waals surface area (Å²) in [5.74, 6) is 0.449. The molecular formula is C16H30N4O4S. The molecule has 1 aliphatic rings. The Hall–Kier alpha value is -1.21. The number of carbonyl (C=O) groups excluding carboxylic acids is 1. The number of likely N-dealkylation sites (tertiary alicyclic amines) is 1. The highest BCUT2D eigenvalue weighted by Crippen LogP contribution is 2.15. The third-order valence-electron chi connectivity index (χ3n) is 4.10. The summed E-state index contributed by atoms with van der Waals surface area (Å²) in [6, 6.07) is 1.77. The summed E-state index contributed by atoms with van der Waals surface area (Å²) in [6.45, 7) is 5.77. The van der Waals surface area contributed by atoms with Crippen LogP contribution in [-0.4, -0.2) is 69.5 Å². The molecule has 1 amide bonds. The fourth-order valence-corrected chi connectivity index (χ4v) is 4.18. The number of nitrogens with one attached hydrogen (secondary N) is 1. The molecule has 0 spiro atoms. The molecule has 144 valence electrons. The number of nitrogens with zero attached hydrogens (tertiary/aromatic N) is 3. The monoisotopic (exact) mass is 374 g/mol. The van der Waals surface area contributed by atoms with Gasteiger partial charge in [-0.05, 0) is 18.8 Å². The second-order valence-electron chi connectivity index (χ2n) is 6.68. The van der Waals surface area contributed by atoms with Gasteiger partial charge in [0.1, 0.15) is 0 Å². The zero-order chi connectivity index (χ0) is 18.9. The van der Waals surface area contributed by atoms with Crippen LogP contribution in [0.2, 0.25) is 0 Å². The van der Waals surface area contributed by atoms with E-state index in [0.29, 0.717) is 38.3 Å². The number of ether oxygens (including phenoxy) is 1. The normalized spacial score (nSPS) is 16.4. The standard InChI is InChI=1S/C16H30N4O4S/c1-14(2)13-16(21)19-9-5-15(6-10-19)18-25(22,23)20(8-4-7-17)11-12-24-3/h14-15,18H,4-6,8-13H2,1-3H3. The number of methoxy groups -OCH3 is 1. The Morgan fingerprint density at radius 2 is 2.00 bits per heavy atom. The van der Waals surface area contributed by atoms with Gasteiger partial charge in [0.2, 0.25) is 5.91 Å². The third kappa shape index (κ3) is 7.69. The summed E-state index contributed by atoms with van der Waals surface area (Å²) in [6.07, 6.45) is 1.85. The summed E-state index contributed by atoms with van der Waals surface area (Å²) >= 11 is 0. The van der Waals surface area contributed by atoms with Gasteiger partial charge in [-0.3, -0.25) is 4.79 Å². The van der Waals surface area contributed by atoms with Gasteiger partial charge in [-0.25, -0.2) is 0 Å². The molecule has 1 fully saturated rings. The van der Waals surface area contributed by atoms with Crippen molar-refractivity contribution in [1.29, 1.82) is 5.26 Å².